The number of H-pyrrole nitrogens is 1. The Hall–Kier alpha value is -1.45. The molecule has 0 amide bonds. The lowest BCUT2D eigenvalue weighted by Gasteiger charge is -2.08. The molecule has 0 saturated heterocycles. The van der Waals surface area contributed by atoms with Gasteiger partial charge in [0.15, 0.2) is 4.90 Å². The quantitative estimate of drug-likeness (QED) is 0.793. The minimum Gasteiger partial charge on any atom is -0.295 e. The highest BCUT2D eigenvalue weighted by atomic mass is 79.9. The van der Waals surface area contributed by atoms with Gasteiger partial charge in [0.1, 0.15) is 5.82 Å². The van der Waals surface area contributed by atoms with Crippen molar-refractivity contribution in [2.45, 2.75) is 11.4 Å². The molecule has 0 fully saturated rings. The van der Waals surface area contributed by atoms with Crippen molar-refractivity contribution >= 4 is 35.7 Å². The lowest BCUT2D eigenvalue weighted by molar-refractivity contribution is 0.603. The van der Waals surface area contributed by atoms with Crippen LogP contribution >= 0.6 is 26.6 Å². The lowest BCUT2D eigenvalue weighted by atomic mass is 10.2. The van der Waals surface area contributed by atoms with E-state index < -0.39 is 31.0 Å². The second-order valence-electron chi connectivity index (χ2n) is 4.05. The van der Waals surface area contributed by atoms with Crippen molar-refractivity contribution in [1.82, 2.24) is 9.55 Å². The molecular formula is C11H7BrClFN2O4S. The number of aromatic amines is 1. The first-order valence-electron chi connectivity index (χ1n) is 5.41. The van der Waals surface area contributed by atoms with Crippen LogP contribution < -0.4 is 11.2 Å². The molecule has 2 rings (SSSR count). The molecular weight excluding hydrogens is 391 g/mol. The van der Waals surface area contributed by atoms with Crippen molar-refractivity contribution in [3.63, 3.8) is 0 Å². The molecule has 112 valence electrons. The molecule has 0 aliphatic heterocycles. The maximum absolute atomic E-state index is 13.0. The Morgan fingerprint density at radius 1 is 1.33 bits per heavy atom. The van der Waals surface area contributed by atoms with E-state index in [1.165, 1.54) is 18.2 Å². The molecule has 1 aromatic carbocycles. The van der Waals surface area contributed by atoms with Crippen LogP contribution in [0.1, 0.15) is 5.56 Å². The summed E-state index contributed by atoms with van der Waals surface area (Å²) >= 11 is 3.13. The number of nitrogens with zero attached hydrogens (tertiary/aromatic N) is 1. The predicted molar refractivity (Wildman–Crippen MR) is 77.6 cm³/mol. The Balaban J connectivity index is 2.55. The van der Waals surface area contributed by atoms with Crippen molar-refractivity contribution in [1.29, 1.82) is 0 Å². The van der Waals surface area contributed by atoms with Crippen LogP contribution in [0.15, 0.2) is 43.4 Å². The summed E-state index contributed by atoms with van der Waals surface area (Å²) in [4.78, 5) is 24.2. The molecule has 1 N–H and O–H groups in total. The summed E-state index contributed by atoms with van der Waals surface area (Å²) in [7, 11) is 0.836. The van der Waals surface area contributed by atoms with E-state index in [0.717, 1.165) is 10.8 Å². The van der Waals surface area contributed by atoms with Gasteiger partial charge < -0.3 is 0 Å². The first-order chi connectivity index (χ1) is 9.68. The third-order valence-electron chi connectivity index (χ3n) is 2.60. The first-order valence-corrected chi connectivity index (χ1v) is 8.51. The number of benzene rings is 1. The molecule has 0 spiro atoms. The van der Waals surface area contributed by atoms with Crippen LogP contribution in [-0.2, 0) is 15.6 Å². The molecule has 10 heteroatoms. The van der Waals surface area contributed by atoms with E-state index in [2.05, 4.69) is 15.9 Å². The molecule has 0 atom stereocenters. The fraction of sp³-hybridized carbons (Fsp3) is 0.0909. The van der Waals surface area contributed by atoms with E-state index in [-0.39, 0.29) is 6.54 Å². The van der Waals surface area contributed by atoms with E-state index in [0.29, 0.717) is 10.0 Å². The Bertz CT molecular complexity index is 923. The van der Waals surface area contributed by atoms with Gasteiger partial charge in [0.2, 0.25) is 0 Å². The Labute approximate surface area is 130 Å². The van der Waals surface area contributed by atoms with Crippen LogP contribution in [0.3, 0.4) is 0 Å². The van der Waals surface area contributed by atoms with Gasteiger partial charge in [-0.1, -0.05) is 22.0 Å². The van der Waals surface area contributed by atoms with E-state index in [9.17, 15) is 22.4 Å². The standard InChI is InChI=1S/C11H7BrClFN2O4S/c12-8-3-7(14)2-1-6(8)4-16-5-9(21(13,19)20)10(17)15-11(16)18/h1-3,5H,4H2,(H,15,17,18). The third kappa shape index (κ3) is 3.60. The van der Waals surface area contributed by atoms with Gasteiger partial charge in [0.25, 0.3) is 14.6 Å². The summed E-state index contributed by atoms with van der Waals surface area (Å²) < 4.78 is 36.9. The lowest BCUT2D eigenvalue weighted by Crippen LogP contribution is -2.32. The number of hydrogen-bond donors (Lipinski definition) is 1. The Morgan fingerprint density at radius 2 is 2.00 bits per heavy atom. The second-order valence-corrected chi connectivity index (χ2v) is 7.44. The molecule has 2 aromatic rings. The number of nitrogens with one attached hydrogen (secondary N) is 1. The number of aromatic nitrogens is 2. The highest BCUT2D eigenvalue weighted by molar-refractivity contribution is 9.10. The molecule has 6 nitrogen and oxygen atoms in total. The van der Waals surface area contributed by atoms with Crippen molar-refractivity contribution in [3.8, 4) is 0 Å². The van der Waals surface area contributed by atoms with E-state index in [4.69, 9.17) is 10.7 Å². The normalized spacial score (nSPS) is 11.6. The van der Waals surface area contributed by atoms with Crippen molar-refractivity contribution in [3.05, 3.63) is 61.1 Å². The van der Waals surface area contributed by atoms with Crippen molar-refractivity contribution in [2.24, 2.45) is 0 Å². The van der Waals surface area contributed by atoms with Gasteiger partial charge in [-0.2, -0.15) is 0 Å². The smallest absolute Gasteiger partial charge is 0.295 e. The molecule has 0 saturated carbocycles. The summed E-state index contributed by atoms with van der Waals surface area (Å²) in [6.07, 6.45) is 0.847. The minimum absolute atomic E-state index is 0.0735. The zero-order valence-electron chi connectivity index (χ0n) is 10.1. The summed E-state index contributed by atoms with van der Waals surface area (Å²) in [5.74, 6) is -0.469. The summed E-state index contributed by atoms with van der Waals surface area (Å²) in [6.45, 7) is -0.0735. The second kappa shape index (κ2) is 5.74. The van der Waals surface area contributed by atoms with E-state index >= 15 is 0 Å². The number of rotatable bonds is 3. The fourth-order valence-electron chi connectivity index (χ4n) is 1.61. The molecule has 0 bridgehead atoms. The summed E-state index contributed by atoms with van der Waals surface area (Å²) in [6, 6.07) is 3.81. The molecule has 1 heterocycles. The summed E-state index contributed by atoms with van der Waals surface area (Å²) in [5.41, 5.74) is -1.38. The maximum Gasteiger partial charge on any atom is 0.328 e. The van der Waals surface area contributed by atoms with Crippen LogP contribution in [0.25, 0.3) is 0 Å². The van der Waals surface area contributed by atoms with Gasteiger partial charge in [-0.05, 0) is 17.7 Å². The predicted octanol–water partition coefficient (Wildman–Crippen LogP) is 1.41. The minimum atomic E-state index is -4.28. The van der Waals surface area contributed by atoms with Crippen LogP contribution in [0.2, 0.25) is 0 Å². The molecule has 21 heavy (non-hydrogen) atoms. The maximum atomic E-state index is 13.0. The molecule has 0 aliphatic rings. The first kappa shape index (κ1) is 15.9. The zero-order chi connectivity index (χ0) is 15.8. The highest BCUT2D eigenvalue weighted by Crippen LogP contribution is 2.19. The molecule has 0 radical (unpaired) electrons. The van der Waals surface area contributed by atoms with Gasteiger partial charge in [0.05, 0.1) is 6.54 Å². The Morgan fingerprint density at radius 3 is 2.57 bits per heavy atom. The zero-order valence-corrected chi connectivity index (χ0v) is 13.3. The SMILES string of the molecule is O=c1[nH]c(=O)n(Cc2ccc(F)cc2Br)cc1S(=O)(=O)Cl. The van der Waals surface area contributed by atoms with Gasteiger partial charge in [-0.25, -0.2) is 17.6 Å². The van der Waals surface area contributed by atoms with Gasteiger partial charge in [0, 0.05) is 21.4 Å². The largest absolute Gasteiger partial charge is 0.328 e. The van der Waals surface area contributed by atoms with Crippen molar-refractivity contribution in [2.75, 3.05) is 0 Å². The van der Waals surface area contributed by atoms with E-state index in [1.54, 1.807) is 0 Å². The van der Waals surface area contributed by atoms with Crippen LogP contribution in [-0.4, -0.2) is 18.0 Å². The Kier molecular flexibility index (Phi) is 4.35. The highest BCUT2D eigenvalue weighted by Gasteiger charge is 2.17. The average molecular weight is 398 g/mol. The van der Waals surface area contributed by atoms with Crippen LogP contribution in [0, 0.1) is 5.82 Å². The molecule has 1 aromatic heterocycles. The number of hydrogen-bond acceptors (Lipinski definition) is 4. The van der Waals surface area contributed by atoms with Gasteiger partial charge in [-0.3, -0.25) is 14.3 Å². The van der Waals surface area contributed by atoms with Crippen molar-refractivity contribution < 1.29 is 12.8 Å². The van der Waals surface area contributed by atoms with Crippen LogP contribution in [0.4, 0.5) is 4.39 Å². The molecule has 0 unspecified atom stereocenters. The van der Waals surface area contributed by atoms with Gasteiger partial charge in [-0.15, -0.1) is 0 Å². The van der Waals surface area contributed by atoms with E-state index in [1.807, 2.05) is 4.98 Å². The number of halogens is 3. The molecule has 0 aliphatic carbocycles. The van der Waals surface area contributed by atoms with Crippen LogP contribution in [0.5, 0.6) is 0 Å². The topological polar surface area (TPSA) is 89.0 Å². The fourth-order valence-corrected chi connectivity index (χ4v) is 2.95. The van der Waals surface area contributed by atoms with Gasteiger partial charge >= 0.3 is 5.69 Å². The third-order valence-corrected chi connectivity index (χ3v) is 4.65. The summed E-state index contributed by atoms with van der Waals surface area (Å²) in [5, 5.41) is 0. The monoisotopic (exact) mass is 396 g/mol. The average Bonchev–Trinajstić information content (AvgIpc) is 2.33.